The number of nitrogens with one attached hydrogen (secondary N) is 1. The molecule has 5 nitrogen and oxygen atoms in total. The van der Waals surface area contributed by atoms with Crippen molar-refractivity contribution in [3.8, 4) is 0 Å². The molecule has 0 aromatic rings. The van der Waals surface area contributed by atoms with Gasteiger partial charge in [-0.3, -0.25) is 5.41 Å². The smallest absolute Gasteiger partial charge is 0.214 e. The van der Waals surface area contributed by atoms with Crippen LogP contribution in [0.1, 0.15) is 33.1 Å². The number of hydrogen-bond donors (Lipinski definition) is 2. The third-order valence-electron chi connectivity index (χ3n) is 2.13. The monoisotopic (exact) mass is 235 g/mol. The molecule has 0 bridgehead atoms. The Labute approximate surface area is 92.2 Å². The van der Waals surface area contributed by atoms with Crippen molar-refractivity contribution in [1.82, 2.24) is 4.31 Å². The Hall–Kier alpha value is -0.620. The Morgan fingerprint density at radius 3 is 2.40 bits per heavy atom. The van der Waals surface area contributed by atoms with E-state index in [2.05, 4.69) is 0 Å². The minimum absolute atomic E-state index is 0.0270. The minimum atomic E-state index is -3.15. The minimum Gasteiger partial charge on any atom is -0.388 e. The lowest BCUT2D eigenvalue weighted by Crippen LogP contribution is -2.35. The standard InChI is InChI=1S/C9H21N3O2S/c1-3-5-8-15(13,14)12(4-2)7-6-9(10)11/h3-8H2,1-2H3,(H3,10,11). The third kappa shape index (κ3) is 5.74. The maximum Gasteiger partial charge on any atom is 0.214 e. The van der Waals surface area contributed by atoms with Gasteiger partial charge in [0, 0.05) is 19.5 Å². The molecule has 0 saturated heterocycles. The van der Waals surface area contributed by atoms with E-state index in [1.807, 2.05) is 6.92 Å². The van der Waals surface area contributed by atoms with Crippen molar-refractivity contribution in [2.75, 3.05) is 18.8 Å². The number of sulfonamides is 1. The van der Waals surface area contributed by atoms with Gasteiger partial charge in [0.1, 0.15) is 0 Å². The van der Waals surface area contributed by atoms with Crippen LogP contribution < -0.4 is 5.73 Å². The second-order valence-electron chi connectivity index (χ2n) is 3.44. The molecule has 0 aliphatic heterocycles. The van der Waals surface area contributed by atoms with Crippen LogP contribution in [0.25, 0.3) is 0 Å². The molecular formula is C9H21N3O2S. The average Bonchev–Trinajstić information content (AvgIpc) is 2.15. The predicted molar refractivity (Wildman–Crippen MR) is 62.5 cm³/mol. The van der Waals surface area contributed by atoms with Crippen molar-refractivity contribution >= 4 is 15.9 Å². The van der Waals surface area contributed by atoms with Crippen molar-refractivity contribution in [1.29, 1.82) is 5.41 Å². The summed E-state index contributed by atoms with van der Waals surface area (Å²) in [5.41, 5.74) is 5.20. The quantitative estimate of drug-likeness (QED) is 0.481. The lowest BCUT2D eigenvalue weighted by molar-refractivity contribution is 0.435. The molecule has 0 spiro atoms. The van der Waals surface area contributed by atoms with E-state index in [1.165, 1.54) is 4.31 Å². The van der Waals surface area contributed by atoms with Gasteiger partial charge in [0.25, 0.3) is 0 Å². The van der Waals surface area contributed by atoms with Gasteiger partial charge in [-0.2, -0.15) is 0 Å². The first-order chi connectivity index (χ1) is 6.94. The topological polar surface area (TPSA) is 87.2 Å². The Balaban J connectivity index is 4.31. The molecule has 0 heterocycles. The summed E-state index contributed by atoms with van der Waals surface area (Å²) in [5, 5.41) is 7.06. The summed E-state index contributed by atoms with van der Waals surface area (Å²) in [6.07, 6.45) is 1.85. The van der Waals surface area contributed by atoms with Gasteiger partial charge in [-0.1, -0.05) is 20.3 Å². The molecule has 3 N–H and O–H groups in total. The van der Waals surface area contributed by atoms with E-state index in [1.54, 1.807) is 6.92 Å². The zero-order valence-electron chi connectivity index (χ0n) is 9.49. The molecule has 0 aromatic carbocycles. The normalized spacial score (nSPS) is 11.9. The van der Waals surface area contributed by atoms with Crippen LogP contribution in [0, 0.1) is 5.41 Å². The summed E-state index contributed by atoms with van der Waals surface area (Å²) in [6, 6.07) is 0. The Kier molecular flexibility index (Phi) is 6.51. The van der Waals surface area contributed by atoms with Gasteiger partial charge in [0.15, 0.2) is 0 Å². The molecule has 0 unspecified atom stereocenters. The zero-order chi connectivity index (χ0) is 11.9. The zero-order valence-corrected chi connectivity index (χ0v) is 10.3. The van der Waals surface area contributed by atoms with E-state index in [0.29, 0.717) is 25.9 Å². The molecule has 90 valence electrons. The van der Waals surface area contributed by atoms with Gasteiger partial charge in [-0.15, -0.1) is 0 Å². The van der Waals surface area contributed by atoms with Crippen LogP contribution in [0.4, 0.5) is 0 Å². The number of unbranched alkanes of at least 4 members (excludes halogenated alkanes) is 1. The SMILES string of the molecule is CCCCS(=O)(=O)N(CC)CCC(=N)N. The number of rotatable bonds is 8. The molecule has 0 radical (unpaired) electrons. The Bertz CT molecular complexity index is 288. The second-order valence-corrected chi connectivity index (χ2v) is 5.52. The van der Waals surface area contributed by atoms with Crippen LogP contribution in [0.2, 0.25) is 0 Å². The highest BCUT2D eigenvalue weighted by Gasteiger charge is 2.19. The molecule has 0 aromatic heterocycles. The van der Waals surface area contributed by atoms with Crippen LogP contribution in [-0.2, 0) is 10.0 Å². The highest BCUT2D eigenvalue weighted by atomic mass is 32.2. The maximum absolute atomic E-state index is 11.7. The van der Waals surface area contributed by atoms with Gasteiger partial charge >= 0.3 is 0 Å². The van der Waals surface area contributed by atoms with Gasteiger partial charge in [0.05, 0.1) is 11.6 Å². The molecular weight excluding hydrogens is 214 g/mol. The molecule has 0 rings (SSSR count). The maximum atomic E-state index is 11.7. The van der Waals surface area contributed by atoms with E-state index in [4.69, 9.17) is 11.1 Å². The summed E-state index contributed by atoms with van der Waals surface area (Å²) >= 11 is 0. The molecule has 0 aliphatic rings. The van der Waals surface area contributed by atoms with E-state index in [0.717, 1.165) is 6.42 Å². The van der Waals surface area contributed by atoms with Gasteiger partial charge in [0.2, 0.25) is 10.0 Å². The summed E-state index contributed by atoms with van der Waals surface area (Å²) in [7, 11) is -3.15. The first-order valence-electron chi connectivity index (χ1n) is 5.24. The summed E-state index contributed by atoms with van der Waals surface area (Å²) < 4.78 is 24.9. The summed E-state index contributed by atoms with van der Waals surface area (Å²) in [5.74, 6) is 0.217. The average molecular weight is 235 g/mol. The van der Waals surface area contributed by atoms with Crippen LogP contribution in [-0.4, -0.2) is 37.4 Å². The van der Waals surface area contributed by atoms with Crippen LogP contribution >= 0.6 is 0 Å². The fourth-order valence-corrected chi connectivity index (χ4v) is 2.87. The Morgan fingerprint density at radius 2 is 2.00 bits per heavy atom. The second kappa shape index (κ2) is 6.79. The number of amidine groups is 1. The van der Waals surface area contributed by atoms with Crippen molar-refractivity contribution in [3.63, 3.8) is 0 Å². The van der Waals surface area contributed by atoms with E-state index in [9.17, 15) is 8.42 Å². The predicted octanol–water partition coefficient (Wildman–Crippen LogP) is 0.764. The molecule has 6 heteroatoms. The molecule has 0 atom stereocenters. The fourth-order valence-electron chi connectivity index (χ4n) is 1.19. The number of nitrogens with two attached hydrogens (primary N) is 1. The third-order valence-corrected chi connectivity index (χ3v) is 4.16. The van der Waals surface area contributed by atoms with Crippen molar-refractivity contribution in [2.24, 2.45) is 5.73 Å². The van der Waals surface area contributed by atoms with Crippen LogP contribution in [0.5, 0.6) is 0 Å². The highest BCUT2D eigenvalue weighted by molar-refractivity contribution is 7.89. The van der Waals surface area contributed by atoms with Crippen LogP contribution in [0.15, 0.2) is 0 Å². The first kappa shape index (κ1) is 14.4. The molecule has 0 fully saturated rings. The lowest BCUT2D eigenvalue weighted by Gasteiger charge is -2.19. The van der Waals surface area contributed by atoms with E-state index >= 15 is 0 Å². The van der Waals surface area contributed by atoms with Crippen molar-refractivity contribution < 1.29 is 8.42 Å². The van der Waals surface area contributed by atoms with Gasteiger partial charge in [-0.25, -0.2) is 12.7 Å². The molecule has 0 aliphatic carbocycles. The van der Waals surface area contributed by atoms with E-state index in [-0.39, 0.29) is 11.6 Å². The summed E-state index contributed by atoms with van der Waals surface area (Å²) in [6.45, 7) is 4.52. The molecule has 0 amide bonds. The fraction of sp³-hybridized carbons (Fsp3) is 0.889. The lowest BCUT2D eigenvalue weighted by atomic mass is 10.4. The van der Waals surface area contributed by atoms with Crippen molar-refractivity contribution in [2.45, 2.75) is 33.1 Å². The number of hydrogen-bond acceptors (Lipinski definition) is 3. The highest BCUT2D eigenvalue weighted by Crippen LogP contribution is 2.05. The largest absolute Gasteiger partial charge is 0.388 e. The van der Waals surface area contributed by atoms with Gasteiger partial charge in [-0.05, 0) is 6.42 Å². The van der Waals surface area contributed by atoms with Crippen molar-refractivity contribution in [3.05, 3.63) is 0 Å². The molecule has 15 heavy (non-hydrogen) atoms. The van der Waals surface area contributed by atoms with E-state index < -0.39 is 10.0 Å². The summed E-state index contributed by atoms with van der Waals surface area (Å²) in [4.78, 5) is 0. The van der Waals surface area contributed by atoms with Crippen LogP contribution in [0.3, 0.4) is 0 Å². The van der Waals surface area contributed by atoms with Gasteiger partial charge < -0.3 is 5.73 Å². The Morgan fingerprint density at radius 1 is 1.40 bits per heavy atom. The number of nitrogens with zero attached hydrogens (tertiary/aromatic N) is 1. The first-order valence-corrected chi connectivity index (χ1v) is 6.85. The molecule has 0 saturated carbocycles.